The highest BCUT2D eigenvalue weighted by Gasteiger charge is 2.24. The van der Waals surface area contributed by atoms with Crippen LogP contribution in [0.25, 0.3) is 0 Å². The summed E-state index contributed by atoms with van der Waals surface area (Å²) in [5.74, 6) is -0.152. The summed E-state index contributed by atoms with van der Waals surface area (Å²) in [6.45, 7) is 2.07. The zero-order valence-corrected chi connectivity index (χ0v) is 10.7. The molecule has 1 unspecified atom stereocenters. The molecule has 1 saturated carbocycles. The fourth-order valence-electron chi connectivity index (χ4n) is 2.10. The van der Waals surface area contributed by atoms with E-state index in [0.717, 1.165) is 12.3 Å². The van der Waals surface area contributed by atoms with Gasteiger partial charge in [0.25, 0.3) is 0 Å². The van der Waals surface area contributed by atoms with Gasteiger partial charge in [0.1, 0.15) is 5.82 Å². The lowest BCUT2D eigenvalue weighted by molar-refractivity contribution is 0.0601. The van der Waals surface area contributed by atoms with Gasteiger partial charge in [-0.3, -0.25) is 0 Å². The molecule has 0 aliphatic heterocycles. The van der Waals surface area contributed by atoms with Crippen LogP contribution in [0.2, 0.25) is 0 Å². The number of ether oxygens (including phenoxy) is 1. The summed E-state index contributed by atoms with van der Waals surface area (Å²) in [6.07, 6.45) is 3.66. The summed E-state index contributed by atoms with van der Waals surface area (Å²) in [7, 11) is 1.30. The first-order valence-electron chi connectivity index (χ1n) is 6.24. The molecule has 98 valence electrons. The number of hydrogen-bond acceptors (Lipinski definition) is 3. The minimum atomic E-state index is -0.518. The Bertz CT molecular complexity index is 443. The number of benzene rings is 1. The van der Waals surface area contributed by atoms with E-state index in [1.807, 2.05) is 0 Å². The van der Waals surface area contributed by atoms with Crippen molar-refractivity contribution in [3.05, 3.63) is 29.6 Å². The summed E-state index contributed by atoms with van der Waals surface area (Å²) in [6, 6.07) is 4.41. The van der Waals surface area contributed by atoms with Crippen LogP contribution in [0.4, 0.5) is 10.1 Å². The number of halogens is 1. The van der Waals surface area contributed by atoms with E-state index in [0.29, 0.717) is 5.69 Å². The van der Waals surface area contributed by atoms with Gasteiger partial charge in [0, 0.05) is 11.7 Å². The van der Waals surface area contributed by atoms with Crippen molar-refractivity contribution >= 4 is 11.7 Å². The van der Waals surface area contributed by atoms with Crippen LogP contribution in [0.3, 0.4) is 0 Å². The second-order valence-corrected chi connectivity index (χ2v) is 4.91. The SMILES string of the molecule is COC(=O)c1cc(F)ccc1NC(C)CC1CC1. The van der Waals surface area contributed by atoms with Crippen LogP contribution in [0.1, 0.15) is 36.5 Å². The summed E-state index contributed by atoms with van der Waals surface area (Å²) < 4.78 is 17.8. The van der Waals surface area contributed by atoms with Gasteiger partial charge in [-0.2, -0.15) is 0 Å². The monoisotopic (exact) mass is 251 g/mol. The molecule has 1 fully saturated rings. The molecule has 1 N–H and O–H groups in total. The number of methoxy groups -OCH3 is 1. The van der Waals surface area contributed by atoms with Crippen LogP contribution < -0.4 is 5.32 Å². The predicted octanol–water partition coefficient (Wildman–Crippen LogP) is 3.21. The van der Waals surface area contributed by atoms with E-state index in [9.17, 15) is 9.18 Å². The normalized spacial score (nSPS) is 16.2. The molecule has 3 nitrogen and oxygen atoms in total. The average Bonchev–Trinajstić information content (AvgIpc) is 3.14. The topological polar surface area (TPSA) is 38.3 Å². The van der Waals surface area contributed by atoms with Crippen molar-refractivity contribution in [1.29, 1.82) is 0 Å². The zero-order valence-electron chi connectivity index (χ0n) is 10.7. The quantitative estimate of drug-likeness (QED) is 0.817. The van der Waals surface area contributed by atoms with Crippen molar-refractivity contribution in [3.63, 3.8) is 0 Å². The van der Waals surface area contributed by atoms with E-state index in [2.05, 4.69) is 17.0 Å². The number of hydrogen-bond donors (Lipinski definition) is 1. The molecule has 0 saturated heterocycles. The molecule has 18 heavy (non-hydrogen) atoms. The minimum Gasteiger partial charge on any atom is -0.465 e. The molecule has 0 aromatic heterocycles. The van der Waals surface area contributed by atoms with E-state index >= 15 is 0 Å². The summed E-state index contributed by atoms with van der Waals surface area (Å²) in [5, 5.41) is 3.26. The summed E-state index contributed by atoms with van der Waals surface area (Å²) in [4.78, 5) is 11.6. The Morgan fingerprint density at radius 1 is 1.56 bits per heavy atom. The first kappa shape index (κ1) is 12.9. The van der Waals surface area contributed by atoms with Gasteiger partial charge in [-0.25, -0.2) is 9.18 Å². The third-order valence-electron chi connectivity index (χ3n) is 3.17. The molecule has 1 atom stereocenters. The minimum absolute atomic E-state index is 0.250. The predicted molar refractivity (Wildman–Crippen MR) is 68.2 cm³/mol. The van der Waals surface area contributed by atoms with Gasteiger partial charge in [0.15, 0.2) is 0 Å². The number of carbonyl (C=O) groups is 1. The fourth-order valence-corrected chi connectivity index (χ4v) is 2.10. The maximum atomic E-state index is 13.2. The molecule has 0 bridgehead atoms. The third kappa shape index (κ3) is 3.22. The van der Waals surface area contributed by atoms with Crippen LogP contribution in [-0.2, 0) is 4.74 Å². The molecule has 2 rings (SSSR count). The van der Waals surface area contributed by atoms with Gasteiger partial charge >= 0.3 is 5.97 Å². The maximum absolute atomic E-state index is 13.2. The van der Waals surface area contributed by atoms with Crippen molar-refractivity contribution in [2.45, 2.75) is 32.2 Å². The number of nitrogens with one attached hydrogen (secondary N) is 1. The molecule has 0 amide bonds. The van der Waals surface area contributed by atoms with E-state index in [4.69, 9.17) is 0 Å². The van der Waals surface area contributed by atoms with E-state index in [1.165, 1.54) is 32.1 Å². The van der Waals surface area contributed by atoms with Gasteiger partial charge in [-0.05, 0) is 37.5 Å². The van der Waals surface area contributed by atoms with Gasteiger partial charge in [-0.1, -0.05) is 12.8 Å². The van der Waals surface area contributed by atoms with Crippen molar-refractivity contribution in [1.82, 2.24) is 0 Å². The molecule has 1 aromatic carbocycles. The van der Waals surface area contributed by atoms with Crippen LogP contribution in [0, 0.1) is 11.7 Å². The van der Waals surface area contributed by atoms with Gasteiger partial charge in [0.05, 0.1) is 12.7 Å². The number of esters is 1. The van der Waals surface area contributed by atoms with E-state index in [-0.39, 0.29) is 11.6 Å². The average molecular weight is 251 g/mol. The highest BCUT2D eigenvalue weighted by atomic mass is 19.1. The highest BCUT2D eigenvalue weighted by Crippen LogP contribution is 2.34. The van der Waals surface area contributed by atoms with Crippen LogP contribution in [0.15, 0.2) is 18.2 Å². The Labute approximate surface area is 106 Å². The summed E-state index contributed by atoms with van der Waals surface area (Å²) >= 11 is 0. The Morgan fingerprint density at radius 3 is 2.89 bits per heavy atom. The first-order valence-corrected chi connectivity index (χ1v) is 6.24. The molecule has 4 heteroatoms. The largest absolute Gasteiger partial charge is 0.465 e. The van der Waals surface area contributed by atoms with Crippen molar-refractivity contribution < 1.29 is 13.9 Å². The second-order valence-electron chi connectivity index (χ2n) is 4.91. The highest BCUT2D eigenvalue weighted by molar-refractivity contribution is 5.95. The number of carbonyl (C=O) groups excluding carboxylic acids is 1. The third-order valence-corrected chi connectivity index (χ3v) is 3.17. The van der Waals surface area contributed by atoms with E-state index in [1.54, 1.807) is 6.07 Å². The summed E-state index contributed by atoms with van der Waals surface area (Å²) in [5.41, 5.74) is 0.886. The lowest BCUT2D eigenvalue weighted by Gasteiger charge is -2.17. The fraction of sp³-hybridized carbons (Fsp3) is 0.500. The molecule has 1 aromatic rings. The smallest absolute Gasteiger partial charge is 0.340 e. The molecule has 1 aliphatic rings. The van der Waals surface area contributed by atoms with Crippen molar-refractivity contribution in [3.8, 4) is 0 Å². The van der Waals surface area contributed by atoms with Gasteiger partial charge in [0.2, 0.25) is 0 Å². The second kappa shape index (κ2) is 5.38. The molecule has 0 heterocycles. The Balaban J connectivity index is 2.12. The van der Waals surface area contributed by atoms with Crippen LogP contribution in [-0.4, -0.2) is 19.1 Å². The van der Waals surface area contributed by atoms with Crippen molar-refractivity contribution in [2.75, 3.05) is 12.4 Å². The molecule has 1 aliphatic carbocycles. The van der Waals surface area contributed by atoms with Crippen molar-refractivity contribution in [2.24, 2.45) is 5.92 Å². The number of anilines is 1. The Kier molecular flexibility index (Phi) is 3.84. The lowest BCUT2D eigenvalue weighted by atomic mass is 10.1. The lowest BCUT2D eigenvalue weighted by Crippen LogP contribution is -2.18. The van der Waals surface area contributed by atoms with Crippen LogP contribution in [0.5, 0.6) is 0 Å². The zero-order chi connectivity index (χ0) is 13.1. The standard InChI is InChI=1S/C14H18FNO2/c1-9(7-10-3-4-10)16-13-6-5-11(15)8-12(13)14(17)18-2/h5-6,8-10,16H,3-4,7H2,1-2H3. The molecule has 0 spiro atoms. The Morgan fingerprint density at radius 2 is 2.28 bits per heavy atom. The van der Waals surface area contributed by atoms with Crippen LogP contribution >= 0.6 is 0 Å². The Hall–Kier alpha value is -1.58. The first-order chi connectivity index (χ1) is 8.60. The van der Waals surface area contributed by atoms with Gasteiger partial charge in [-0.15, -0.1) is 0 Å². The molecular formula is C14H18FNO2. The van der Waals surface area contributed by atoms with Gasteiger partial charge < -0.3 is 10.1 Å². The molecular weight excluding hydrogens is 233 g/mol. The molecule has 0 radical (unpaired) electrons. The number of rotatable bonds is 5. The van der Waals surface area contributed by atoms with E-state index < -0.39 is 11.8 Å². The maximum Gasteiger partial charge on any atom is 0.340 e.